The Morgan fingerprint density at radius 3 is 2.78 bits per heavy atom. The Morgan fingerprint density at radius 1 is 1.44 bits per heavy atom. The molecule has 18 heavy (non-hydrogen) atoms. The van der Waals surface area contributed by atoms with Gasteiger partial charge in [0.25, 0.3) is 0 Å². The minimum atomic E-state index is -1.00. The van der Waals surface area contributed by atoms with E-state index in [2.05, 4.69) is 0 Å². The summed E-state index contributed by atoms with van der Waals surface area (Å²) >= 11 is 0. The average Bonchev–Trinajstić information content (AvgIpc) is 2.28. The second-order valence-corrected chi connectivity index (χ2v) is 5.31. The van der Waals surface area contributed by atoms with Crippen LogP contribution in [-0.2, 0) is 0 Å². The van der Waals surface area contributed by atoms with Crippen molar-refractivity contribution >= 4 is 5.78 Å². The van der Waals surface area contributed by atoms with Gasteiger partial charge in [0.2, 0.25) is 0 Å². The molecule has 0 spiro atoms. The molecule has 2 nitrogen and oxygen atoms in total. The molecule has 1 aromatic rings. The molecule has 0 saturated heterocycles. The van der Waals surface area contributed by atoms with Crippen molar-refractivity contribution in [1.29, 1.82) is 0 Å². The van der Waals surface area contributed by atoms with Crippen LogP contribution in [0.25, 0.3) is 0 Å². The normalized spacial score (nSPS) is 28.1. The van der Waals surface area contributed by atoms with Crippen LogP contribution in [-0.4, -0.2) is 11.3 Å². The van der Waals surface area contributed by atoms with Gasteiger partial charge in [-0.2, -0.15) is 0 Å². The van der Waals surface area contributed by atoms with Crippen LogP contribution in [0.15, 0.2) is 18.2 Å². The standard InChI is InChI=1S/C14H17F2NO/c1-9-3-2-6-14(17,8-9)13(18)11-5-4-10(15)7-12(11)16/h4-5,7,9H,2-3,6,8,17H2,1H3. The fourth-order valence-electron chi connectivity index (χ4n) is 2.74. The van der Waals surface area contributed by atoms with E-state index in [4.69, 9.17) is 5.73 Å². The van der Waals surface area contributed by atoms with E-state index in [1.54, 1.807) is 0 Å². The van der Waals surface area contributed by atoms with Crippen LogP contribution < -0.4 is 5.73 Å². The lowest BCUT2D eigenvalue weighted by atomic mass is 9.73. The van der Waals surface area contributed by atoms with Crippen LogP contribution in [0, 0.1) is 17.6 Å². The first-order valence-electron chi connectivity index (χ1n) is 6.21. The number of carbonyl (C=O) groups is 1. The van der Waals surface area contributed by atoms with Crippen molar-refractivity contribution in [1.82, 2.24) is 0 Å². The topological polar surface area (TPSA) is 43.1 Å². The lowest BCUT2D eigenvalue weighted by Crippen LogP contribution is -2.51. The molecule has 2 rings (SSSR count). The fourth-order valence-corrected chi connectivity index (χ4v) is 2.74. The number of rotatable bonds is 2. The summed E-state index contributed by atoms with van der Waals surface area (Å²) in [7, 11) is 0. The number of halogens is 2. The molecule has 0 amide bonds. The van der Waals surface area contributed by atoms with Gasteiger partial charge in [0.05, 0.1) is 11.1 Å². The Morgan fingerprint density at radius 2 is 2.17 bits per heavy atom. The van der Waals surface area contributed by atoms with E-state index >= 15 is 0 Å². The number of ketones is 1. The van der Waals surface area contributed by atoms with Crippen molar-refractivity contribution in [3.63, 3.8) is 0 Å². The molecule has 0 aliphatic heterocycles. The molecule has 2 unspecified atom stereocenters. The van der Waals surface area contributed by atoms with Crippen molar-refractivity contribution in [2.24, 2.45) is 11.7 Å². The van der Waals surface area contributed by atoms with Gasteiger partial charge in [0.15, 0.2) is 5.78 Å². The van der Waals surface area contributed by atoms with E-state index in [9.17, 15) is 13.6 Å². The van der Waals surface area contributed by atoms with Crippen LogP contribution in [0.1, 0.15) is 43.0 Å². The van der Waals surface area contributed by atoms with Gasteiger partial charge in [-0.25, -0.2) is 8.78 Å². The lowest BCUT2D eigenvalue weighted by Gasteiger charge is -2.35. The van der Waals surface area contributed by atoms with E-state index < -0.39 is 23.0 Å². The predicted molar refractivity (Wildman–Crippen MR) is 65.2 cm³/mol. The molecule has 2 N–H and O–H groups in total. The second-order valence-electron chi connectivity index (χ2n) is 5.31. The van der Waals surface area contributed by atoms with Gasteiger partial charge in [-0.05, 0) is 30.9 Å². The van der Waals surface area contributed by atoms with Crippen LogP contribution in [0.4, 0.5) is 8.78 Å². The Kier molecular flexibility index (Phi) is 3.48. The third-order valence-electron chi connectivity index (χ3n) is 3.66. The maximum Gasteiger partial charge on any atom is 0.185 e. The van der Waals surface area contributed by atoms with Crippen molar-refractivity contribution < 1.29 is 13.6 Å². The number of carbonyl (C=O) groups excluding carboxylic acids is 1. The van der Waals surface area contributed by atoms with E-state index in [0.29, 0.717) is 18.8 Å². The highest BCUT2D eigenvalue weighted by Gasteiger charge is 2.39. The Bertz CT molecular complexity index is 475. The first-order chi connectivity index (χ1) is 8.42. The minimum absolute atomic E-state index is 0.104. The molecule has 4 heteroatoms. The second kappa shape index (κ2) is 4.76. The van der Waals surface area contributed by atoms with E-state index in [1.807, 2.05) is 6.92 Å². The molecule has 0 radical (unpaired) electrons. The third kappa shape index (κ3) is 2.43. The van der Waals surface area contributed by atoms with Gasteiger partial charge in [-0.3, -0.25) is 4.79 Å². The maximum atomic E-state index is 13.6. The quantitative estimate of drug-likeness (QED) is 0.823. The summed E-state index contributed by atoms with van der Waals surface area (Å²) in [4.78, 5) is 12.3. The average molecular weight is 253 g/mol. The summed E-state index contributed by atoms with van der Waals surface area (Å²) in [6.07, 6.45) is 3.03. The summed E-state index contributed by atoms with van der Waals surface area (Å²) in [6, 6.07) is 3.00. The van der Waals surface area contributed by atoms with Crippen molar-refractivity contribution in [2.75, 3.05) is 0 Å². The van der Waals surface area contributed by atoms with Gasteiger partial charge < -0.3 is 5.73 Å². The summed E-state index contributed by atoms with van der Waals surface area (Å²) in [5, 5.41) is 0. The minimum Gasteiger partial charge on any atom is -0.319 e. The Labute approximate surface area is 105 Å². The largest absolute Gasteiger partial charge is 0.319 e. The molecule has 2 atom stereocenters. The van der Waals surface area contributed by atoms with Gasteiger partial charge >= 0.3 is 0 Å². The van der Waals surface area contributed by atoms with Crippen LogP contribution in [0.3, 0.4) is 0 Å². The number of nitrogens with two attached hydrogens (primary N) is 1. The molecule has 1 aliphatic carbocycles. The fraction of sp³-hybridized carbons (Fsp3) is 0.500. The van der Waals surface area contributed by atoms with Gasteiger partial charge in [0.1, 0.15) is 11.6 Å². The molecular weight excluding hydrogens is 236 g/mol. The van der Waals surface area contributed by atoms with E-state index in [-0.39, 0.29) is 5.56 Å². The number of Topliss-reactive ketones (excluding diaryl/α,β-unsaturated/α-hetero) is 1. The SMILES string of the molecule is CC1CCCC(N)(C(=O)c2ccc(F)cc2F)C1. The van der Waals surface area contributed by atoms with Crippen molar-refractivity contribution in [3.8, 4) is 0 Å². The smallest absolute Gasteiger partial charge is 0.185 e. The first kappa shape index (κ1) is 13.1. The molecule has 1 aliphatic rings. The molecule has 1 aromatic carbocycles. The predicted octanol–water partition coefficient (Wildman–Crippen LogP) is 3.06. The highest BCUT2D eigenvalue weighted by molar-refractivity contribution is 6.03. The molecule has 0 heterocycles. The summed E-state index contributed by atoms with van der Waals surface area (Å²) < 4.78 is 26.4. The number of hydrogen-bond acceptors (Lipinski definition) is 2. The van der Waals surface area contributed by atoms with E-state index in [1.165, 1.54) is 6.07 Å². The van der Waals surface area contributed by atoms with Crippen LogP contribution in [0.2, 0.25) is 0 Å². The summed E-state index contributed by atoms with van der Waals surface area (Å²) in [6.45, 7) is 2.04. The van der Waals surface area contributed by atoms with E-state index in [0.717, 1.165) is 25.0 Å². The zero-order chi connectivity index (χ0) is 13.3. The highest BCUT2D eigenvalue weighted by Crippen LogP contribution is 2.33. The lowest BCUT2D eigenvalue weighted by molar-refractivity contribution is 0.0815. The summed E-state index contributed by atoms with van der Waals surface area (Å²) in [5.41, 5.74) is 5.01. The Balaban J connectivity index is 2.30. The molecule has 0 bridgehead atoms. The van der Waals surface area contributed by atoms with Gasteiger partial charge in [-0.15, -0.1) is 0 Å². The molecule has 1 saturated carbocycles. The molecule has 98 valence electrons. The highest BCUT2D eigenvalue weighted by atomic mass is 19.1. The molecule has 1 fully saturated rings. The van der Waals surface area contributed by atoms with Crippen molar-refractivity contribution in [2.45, 2.75) is 38.1 Å². The zero-order valence-electron chi connectivity index (χ0n) is 10.4. The Hall–Kier alpha value is -1.29. The maximum absolute atomic E-state index is 13.6. The molecular formula is C14H17F2NO. The van der Waals surface area contributed by atoms with Gasteiger partial charge in [0, 0.05) is 6.07 Å². The van der Waals surface area contributed by atoms with Crippen LogP contribution in [0.5, 0.6) is 0 Å². The number of benzene rings is 1. The summed E-state index contributed by atoms with van der Waals surface area (Å²) in [5.74, 6) is -1.57. The van der Waals surface area contributed by atoms with Crippen LogP contribution >= 0.6 is 0 Å². The zero-order valence-corrected chi connectivity index (χ0v) is 10.4. The molecule has 0 aromatic heterocycles. The number of hydrogen-bond donors (Lipinski definition) is 1. The monoisotopic (exact) mass is 253 g/mol. The van der Waals surface area contributed by atoms with Crippen molar-refractivity contribution in [3.05, 3.63) is 35.4 Å². The first-order valence-corrected chi connectivity index (χ1v) is 6.21. The van der Waals surface area contributed by atoms with Gasteiger partial charge in [-0.1, -0.05) is 19.8 Å². The third-order valence-corrected chi connectivity index (χ3v) is 3.66.